The molecule has 0 aromatic heterocycles. The summed E-state index contributed by atoms with van der Waals surface area (Å²) in [6.07, 6.45) is 3.60. The number of oxime groups is 1. The number of carbonyl (C=O) groups excluding carboxylic acids is 1. The van der Waals surface area contributed by atoms with Crippen LogP contribution in [0, 0.1) is 11.6 Å². The highest BCUT2D eigenvalue weighted by Gasteiger charge is 2.28. The Labute approximate surface area is 121 Å². The van der Waals surface area contributed by atoms with Crippen LogP contribution in [-0.4, -0.2) is 34.4 Å². The maximum Gasteiger partial charge on any atom is 0.254 e. The average molecular weight is 297 g/mol. The first-order valence-electron chi connectivity index (χ1n) is 6.75. The number of benzene rings is 1. The molecule has 0 unspecified atom stereocenters. The van der Waals surface area contributed by atoms with Crippen LogP contribution in [0.2, 0.25) is 0 Å². The Balaban J connectivity index is 2.25. The minimum atomic E-state index is -1.07. The molecule has 0 atom stereocenters. The largest absolute Gasteiger partial charge is 0.409 e. The number of halogens is 2. The third kappa shape index (κ3) is 3.48. The number of amidine groups is 1. The maximum absolute atomic E-state index is 13.3. The number of nitrogens with zero attached hydrogens (tertiary/aromatic N) is 2. The van der Waals surface area contributed by atoms with E-state index in [1.807, 2.05) is 0 Å². The molecule has 0 bridgehead atoms. The van der Waals surface area contributed by atoms with Crippen LogP contribution in [0.4, 0.5) is 8.78 Å². The second kappa shape index (κ2) is 6.51. The Kier molecular flexibility index (Phi) is 4.72. The van der Waals surface area contributed by atoms with Crippen molar-refractivity contribution in [2.45, 2.75) is 31.7 Å². The van der Waals surface area contributed by atoms with E-state index in [0.29, 0.717) is 0 Å². The minimum Gasteiger partial charge on any atom is -0.409 e. The Hall–Kier alpha value is -2.18. The first-order valence-corrected chi connectivity index (χ1v) is 6.75. The van der Waals surface area contributed by atoms with Gasteiger partial charge in [0.2, 0.25) is 0 Å². The van der Waals surface area contributed by atoms with E-state index in [1.54, 1.807) is 0 Å². The molecule has 0 heterocycles. The second-order valence-electron chi connectivity index (χ2n) is 5.09. The van der Waals surface area contributed by atoms with Crippen LogP contribution >= 0.6 is 0 Å². The second-order valence-corrected chi connectivity index (χ2v) is 5.09. The van der Waals surface area contributed by atoms with E-state index in [4.69, 9.17) is 10.9 Å². The van der Waals surface area contributed by atoms with Crippen molar-refractivity contribution in [3.8, 4) is 0 Å². The molecule has 5 nitrogen and oxygen atoms in total. The van der Waals surface area contributed by atoms with Crippen LogP contribution in [0.25, 0.3) is 0 Å². The number of carbonyl (C=O) groups is 1. The van der Waals surface area contributed by atoms with Crippen LogP contribution in [-0.2, 0) is 0 Å². The minimum absolute atomic E-state index is 0.0362. The summed E-state index contributed by atoms with van der Waals surface area (Å²) in [4.78, 5) is 13.9. The molecule has 1 fully saturated rings. The van der Waals surface area contributed by atoms with Crippen LogP contribution in [0.5, 0.6) is 0 Å². The quantitative estimate of drug-likeness (QED) is 0.386. The standard InChI is InChI=1S/C14H17F2N3O2/c15-11-6-5-9(7-12(11)16)14(20)19(8-13(17)18-21)10-3-1-2-4-10/h5-7,10,21H,1-4,8H2,(H2,17,18). The Bertz CT molecular complexity index is 557. The van der Waals surface area contributed by atoms with Crippen molar-refractivity contribution >= 4 is 11.7 Å². The highest BCUT2D eigenvalue weighted by atomic mass is 19.2. The van der Waals surface area contributed by atoms with E-state index >= 15 is 0 Å². The monoisotopic (exact) mass is 297 g/mol. The average Bonchev–Trinajstić information content (AvgIpc) is 3.00. The van der Waals surface area contributed by atoms with Crippen molar-refractivity contribution in [1.29, 1.82) is 0 Å². The molecule has 1 saturated carbocycles. The molecule has 21 heavy (non-hydrogen) atoms. The van der Waals surface area contributed by atoms with Gasteiger partial charge in [0.25, 0.3) is 5.91 Å². The predicted octanol–water partition coefficient (Wildman–Crippen LogP) is 2.10. The van der Waals surface area contributed by atoms with Gasteiger partial charge in [-0.1, -0.05) is 18.0 Å². The zero-order chi connectivity index (χ0) is 15.4. The molecule has 0 saturated heterocycles. The molecule has 0 spiro atoms. The van der Waals surface area contributed by atoms with E-state index in [0.717, 1.165) is 37.8 Å². The molecule has 1 aromatic carbocycles. The summed E-state index contributed by atoms with van der Waals surface area (Å²) in [5, 5.41) is 11.5. The first-order chi connectivity index (χ1) is 10.0. The smallest absolute Gasteiger partial charge is 0.254 e. The lowest BCUT2D eigenvalue weighted by atomic mass is 10.1. The molecule has 3 N–H and O–H groups in total. The summed E-state index contributed by atoms with van der Waals surface area (Å²) in [5.41, 5.74) is 5.53. The fraction of sp³-hybridized carbons (Fsp3) is 0.429. The number of hydrogen-bond acceptors (Lipinski definition) is 3. The van der Waals surface area contributed by atoms with Gasteiger partial charge in [-0.3, -0.25) is 4.79 Å². The van der Waals surface area contributed by atoms with Crippen molar-refractivity contribution in [2.24, 2.45) is 10.9 Å². The fourth-order valence-corrected chi connectivity index (χ4v) is 2.58. The lowest BCUT2D eigenvalue weighted by molar-refractivity contribution is 0.0711. The third-order valence-electron chi connectivity index (χ3n) is 3.65. The van der Waals surface area contributed by atoms with E-state index in [1.165, 1.54) is 11.0 Å². The van der Waals surface area contributed by atoms with Crippen LogP contribution < -0.4 is 5.73 Å². The number of rotatable bonds is 4. The number of amides is 1. The molecule has 114 valence electrons. The van der Waals surface area contributed by atoms with Gasteiger partial charge in [0.05, 0.1) is 6.54 Å². The van der Waals surface area contributed by atoms with Crippen LogP contribution in [0.1, 0.15) is 36.0 Å². The Morgan fingerprint density at radius 2 is 2.00 bits per heavy atom. The Morgan fingerprint density at radius 3 is 2.57 bits per heavy atom. The molecule has 0 radical (unpaired) electrons. The molecule has 1 aliphatic carbocycles. The zero-order valence-corrected chi connectivity index (χ0v) is 11.4. The van der Waals surface area contributed by atoms with Gasteiger partial charge in [-0.05, 0) is 31.0 Å². The highest BCUT2D eigenvalue weighted by Crippen LogP contribution is 2.25. The zero-order valence-electron chi connectivity index (χ0n) is 11.4. The van der Waals surface area contributed by atoms with Crippen molar-refractivity contribution in [3.63, 3.8) is 0 Å². The number of hydrogen-bond donors (Lipinski definition) is 2. The normalized spacial score (nSPS) is 16.2. The van der Waals surface area contributed by atoms with Gasteiger partial charge in [0.1, 0.15) is 0 Å². The van der Waals surface area contributed by atoms with Crippen molar-refractivity contribution < 1.29 is 18.8 Å². The molecule has 1 amide bonds. The van der Waals surface area contributed by atoms with Crippen LogP contribution in [0.15, 0.2) is 23.4 Å². The van der Waals surface area contributed by atoms with Crippen molar-refractivity contribution in [2.75, 3.05) is 6.54 Å². The summed E-state index contributed by atoms with van der Waals surface area (Å²) < 4.78 is 26.2. The molecule has 2 rings (SSSR count). The molecule has 1 aromatic rings. The maximum atomic E-state index is 13.3. The molecular formula is C14H17F2N3O2. The van der Waals surface area contributed by atoms with Gasteiger partial charge >= 0.3 is 0 Å². The van der Waals surface area contributed by atoms with E-state index < -0.39 is 17.5 Å². The van der Waals surface area contributed by atoms with Gasteiger partial charge in [-0.2, -0.15) is 0 Å². The van der Waals surface area contributed by atoms with Gasteiger partial charge in [0.15, 0.2) is 17.5 Å². The summed E-state index contributed by atoms with van der Waals surface area (Å²) in [6.45, 7) is -0.0427. The van der Waals surface area contributed by atoms with Crippen molar-refractivity contribution in [1.82, 2.24) is 4.90 Å². The van der Waals surface area contributed by atoms with E-state index in [2.05, 4.69) is 5.16 Å². The topological polar surface area (TPSA) is 78.9 Å². The van der Waals surface area contributed by atoms with E-state index in [-0.39, 0.29) is 24.0 Å². The molecule has 7 heteroatoms. The highest BCUT2D eigenvalue weighted by molar-refractivity contribution is 5.97. The molecular weight excluding hydrogens is 280 g/mol. The SMILES string of the molecule is NC(CN(C(=O)c1ccc(F)c(F)c1)C1CCCC1)=NO. The summed E-state index contributed by atoms with van der Waals surface area (Å²) in [6, 6.07) is 2.98. The third-order valence-corrected chi connectivity index (χ3v) is 3.65. The predicted molar refractivity (Wildman–Crippen MR) is 73.1 cm³/mol. The molecule has 1 aliphatic rings. The lowest BCUT2D eigenvalue weighted by Gasteiger charge is -2.28. The summed E-state index contributed by atoms with van der Waals surface area (Å²) in [5.74, 6) is -2.63. The Morgan fingerprint density at radius 1 is 1.33 bits per heavy atom. The van der Waals surface area contributed by atoms with Gasteiger partial charge in [-0.15, -0.1) is 0 Å². The lowest BCUT2D eigenvalue weighted by Crippen LogP contribution is -2.44. The van der Waals surface area contributed by atoms with Gasteiger partial charge in [-0.25, -0.2) is 8.78 Å². The summed E-state index contributed by atoms with van der Waals surface area (Å²) in [7, 11) is 0. The first kappa shape index (κ1) is 15.2. The van der Waals surface area contributed by atoms with Gasteiger partial charge in [0, 0.05) is 11.6 Å². The summed E-state index contributed by atoms with van der Waals surface area (Å²) >= 11 is 0. The van der Waals surface area contributed by atoms with Crippen molar-refractivity contribution in [3.05, 3.63) is 35.4 Å². The fourth-order valence-electron chi connectivity index (χ4n) is 2.58. The molecule has 0 aliphatic heterocycles. The van der Waals surface area contributed by atoms with Gasteiger partial charge < -0.3 is 15.8 Å². The van der Waals surface area contributed by atoms with Crippen LogP contribution in [0.3, 0.4) is 0 Å². The van der Waals surface area contributed by atoms with E-state index in [9.17, 15) is 13.6 Å². The number of nitrogens with two attached hydrogens (primary N) is 1.